The maximum absolute atomic E-state index is 11.0. The van der Waals surface area contributed by atoms with Crippen molar-refractivity contribution in [1.29, 1.82) is 0 Å². The van der Waals surface area contributed by atoms with Gasteiger partial charge in [-0.15, -0.1) is 0 Å². The molecule has 0 saturated heterocycles. The Kier molecular flexibility index (Phi) is 4.95. The first-order valence-corrected chi connectivity index (χ1v) is 3.99. The van der Waals surface area contributed by atoms with Crippen LogP contribution in [0.2, 0.25) is 0 Å². The summed E-state index contributed by atoms with van der Waals surface area (Å²) in [6.45, 7) is 5.68. The van der Waals surface area contributed by atoms with E-state index in [2.05, 4.69) is 0 Å². The smallest absolute Gasteiger partial charge is 0.314 e. The van der Waals surface area contributed by atoms with Crippen LogP contribution < -0.4 is 0 Å². The zero-order chi connectivity index (χ0) is 8.85. The SMILES string of the molecule is C/C=C(\Cl)C(C)C(=O)OCC. The molecule has 0 aromatic carbocycles. The molecule has 64 valence electrons. The number of hydrogen-bond acceptors (Lipinski definition) is 2. The second-order valence-electron chi connectivity index (χ2n) is 2.15. The second-order valence-corrected chi connectivity index (χ2v) is 2.58. The molecule has 0 radical (unpaired) electrons. The predicted molar refractivity (Wildman–Crippen MR) is 45.4 cm³/mol. The molecule has 0 aliphatic carbocycles. The van der Waals surface area contributed by atoms with Gasteiger partial charge in [0.15, 0.2) is 0 Å². The third kappa shape index (κ3) is 3.42. The van der Waals surface area contributed by atoms with E-state index in [4.69, 9.17) is 16.3 Å². The zero-order valence-corrected chi connectivity index (χ0v) is 7.81. The predicted octanol–water partition coefficient (Wildman–Crippen LogP) is 2.33. The van der Waals surface area contributed by atoms with Crippen LogP contribution in [0, 0.1) is 5.92 Å². The van der Waals surface area contributed by atoms with Gasteiger partial charge in [0.05, 0.1) is 12.5 Å². The number of hydrogen-bond donors (Lipinski definition) is 0. The Morgan fingerprint density at radius 2 is 2.27 bits per heavy atom. The number of carbonyl (C=O) groups is 1. The Bertz CT molecular complexity index is 163. The van der Waals surface area contributed by atoms with Gasteiger partial charge < -0.3 is 4.74 Å². The van der Waals surface area contributed by atoms with E-state index in [9.17, 15) is 4.79 Å². The molecule has 11 heavy (non-hydrogen) atoms. The summed E-state index contributed by atoms with van der Waals surface area (Å²) in [6.07, 6.45) is 1.70. The molecule has 0 aromatic rings. The minimum absolute atomic E-state index is 0.268. The molecule has 0 heterocycles. The molecule has 0 amide bonds. The minimum atomic E-state index is -0.332. The molecule has 0 spiro atoms. The molecule has 0 N–H and O–H groups in total. The first kappa shape index (κ1) is 10.5. The Hall–Kier alpha value is -0.500. The molecule has 1 atom stereocenters. The fourth-order valence-corrected chi connectivity index (χ4v) is 0.719. The van der Waals surface area contributed by atoms with Crippen molar-refractivity contribution in [3.8, 4) is 0 Å². The highest BCUT2D eigenvalue weighted by Gasteiger charge is 2.15. The van der Waals surface area contributed by atoms with Crippen molar-refractivity contribution in [2.24, 2.45) is 5.92 Å². The first-order valence-electron chi connectivity index (χ1n) is 3.61. The lowest BCUT2D eigenvalue weighted by molar-refractivity contribution is -0.145. The van der Waals surface area contributed by atoms with Gasteiger partial charge in [-0.25, -0.2) is 0 Å². The van der Waals surface area contributed by atoms with Crippen LogP contribution >= 0.6 is 11.6 Å². The molecule has 0 fully saturated rings. The van der Waals surface area contributed by atoms with Crippen LogP contribution in [0.3, 0.4) is 0 Å². The number of esters is 1. The van der Waals surface area contributed by atoms with Crippen LogP contribution in [0.15, 0.2) is 11.1 Å². The van der Waals surface area contributed by atoms with Gasteiger partial charge in [0, 0.05) is 5.03 Å². The normalized spacial score (nSPS) is 14.4. The van der Waals surface area contributed by atoms with E-state index in [1.54, 1.807) is 26.8 Å². The number of halogens is 1. The van der Waals surface area contributed by atoms with E-state index >= 15 is 0 Å². The summed E-state index contributed by atoms with van der Waals surface area (Å²) < 4.78 is 4.76. The highest BCUT2D eigenvalue weighted by molar-refractivity contribution is 6.31. The second kappa shape index (κ2) is 5.19. The standard InChI is InChI=1S/C8H13ClO2/c1-4-7(9)6(3)8(10)11-5-2/h4,6H,5H2,1-3H3/b7-4-. The molecule has 0 rings (SSSR count). The monoisotopic (exact) mass is 176 g/mol. The molecular weight excluding hydrogens is 164 g/mol. The van der Waals surface area contributed by atoms with Gasteiger partial charge in [-0.3, -0.25) is 4.79 Å². The molecule has 0 aliphatic rings. The van der Waals surface area contributed by atoms with E-state index in [0.29, 0.717) is 11.6 Å². The van der Waals surface area contributed by atoms with E-state index in [1.165, 1.54) is 0 Å². The zero-order valence-electron chi connectivity index (χ0n) is 7.06. The molecule has 2 nitrogen and oxygen atoms in total. The topological polar surface area (TPSA) is 26.3 Å². The summed E-state index contributed by atoms with van der Waals surface area (Å²) in [5, 5.41) is 0.531. The summed E-state index contributed by atoms with van der Waals surface area (Å²) in [6, 6.07) is 0. The quantitative estimate of drug-likeness (QED) is 0.617. The van der Waals surface area contributed by atoms with Crippen molar-refractivity contribution in [3.05, 3.63) is 11.1 Å². The van der Waals surface area contributed by atoms with Gasteiger partial charge in [0.2, 0.25) is 0 Å². The van der Waals surface area contributed by atoms with Crippen LogP contribution in [-0.4, -0.2) is 12.6 Å². The van der Waals surface area contributed by atoms with E-state index in [0.717, 1.165) is 0 Å². The summed E-state index contributed by atoms with van der Waals surface area (Å²) in [5.41, 5.74) is 0. The lowest BCUT2D eigenvalue weighted by atomic mass is 10.2. The summed E-state index contributed by atoms with van der Waals surface area (Å²) in [4.78, 5) is 11.0. The van der Waals surface area contributed by atoms with Crippen LogP contribution in [0.4, 0.5) is 0 Å². The lowest BCUT2D eigenvalue weighted by Gasteiger charge is -2.08. The van der Waals surface area contributed by atoms with Crippen molar-refractivity contribution in [1.82, 2.24) is 0 Å². The fourth-order valence-electron chi connectivity index (χ4n) is 0.630. The Morgan fingerprint density at radius 3 is 2.64 bits per heavy atom. The average Bonchev–Trinajstić information content (AvgIpc) is 2.02. The number of carbonyl (C=O) groups excluding carboxylic acids is 1. The highest BCUT2D eigenvalue weighted by Crippen LogP contribution is 2.15. The van der Waals surface area contributed by atoms with Crippen LogP contribution in [0.25, 0.3) is 0 Å². The number of rotatable bonds is 3. The molecule has 3 heteroatoms. The molecule has 0 aliphatic heterocycles. The lowest BCUT2D eigenvalue weighted by Crippen LogP contribution is -2.14. The van der Waals surface area contributed by atoms with Crippen molar-refractivity contribution in [2.45, 2.75) is 20.8 Å². The van der Waals surface area contributed by atoms with Gasteiger partial charge in [0.1, 0.15) is 0 Å². The van der Waals surface area contributed by atoms with E-state index < -0.39 is 0 Å². The van der Waals surface area contributed by atoms with Crippen molar-refractivity contribution in [3.63, 3.8) is 0 Å². The van der Waals surface area contributed by atoms with Crippen LogP contribution in [0.5, 0.6) is 0 Å². The third-order valence-corrected chi connectivity index (χ3v) is 1.88. The third-order valence-electron chi connectivity index (χ3n) is 1.33. The summed E-state index contributed by atoms with van der Waals surface area (Å²) in [5.74, 6) is -0.600. The van der Waals surface area contributed by atoms with Gasteiger partial charge in [-0.05, 0) is 20.8 Å². The summed E-state index contributed by atoms with van der Waals surface area (Å²) >= 11 is 5.71. The molecule has 1 unspecified atom stereocenters. The maximum Gasteiger partial charge on any atom is 0.314 e. The largest absolute Gasteiger partial charge is 0.466 e. The van der Waals surface area contributed by atoms with Crippen molar-refractivity contribution < 1.29 is 9.53 Å². The number of ether oxygens (including phenoxy) is 1. The first-order chi connectivity index (χ1) is 5.13. The van der Waals surface area contributed by atoms with Gasteiger partial charge in [-0.1, -0.05) is 17.7 Å². The molecule has 0 aromatic heterocycles. The molecule has 0 bridgehead atoms. The van der Waals surface area contributed by atoms with E-state index in [-0.39, 0.29) is 11.9 Å². The highest BCUT2D eigenvalue weighted by atomic mass is 35.5. The molecule has 0 saturated carbocycles. The van der Waals surface area contributed by atoms with Crippen molar-refractivity contribution in [2.75, 3.05) is 6.61 Å². The van der Waals surface area contributed by atoms with Crippen LogP contribution in [0.1, 0.15) is 20.8 Å². The Morgan fingerprint density at radius 1 is 1.73 bits per heavy atom. The van der Waals surface area contributed by atoms with Gasteiger partial charge >= 0.3 is 5.97 Å². The fraction of sp³-hybridized carbons (Fsp3) is 0.625. The Labute approximate surface area is 72.2 Å². The molecular formula is C8H13ClO2. The van der Waals surface area contributed by atoms with Crippen LogP contribution in [-0.2, 0) is 9.53 Å². The Balaban J connectivity index is 4.02. The number of allylic oxidation sites excluding steroid dienone is 1. The maximum atomic E-state index is 11.0. The average molecular weight is 177 g/mol. The minimum Gasteiger partial charge on any atom is -0.466 e. The van der Waals surface area contributed by atoms with E-state index in [1.807, 2.05) is 0 Å². The van der Waals surface area contributed by atoms with Gasteiger partial charge in [0.25, 0.3) is 0 Å². The van der Waals surface area contributed by atoms with Crippen molar-refractivity contribution >= 4 is 17.6 Å². The van der Waals surface area contributed by atoms with Gasteiger partial charge in [-0.2, -0.15) is 0 Å². The summed E-state index contributed by atoms with van der Waals surface area (Å²) in [7, 11) is 0.